The van der Waals surface area contributed by atoms with Crippen molar-refractivity contribution in [1.82, 2.24) is 0 Å². The highest BCUT2D eigenvalue weighted by atomic mass is 19.4. The van der Waals surface area contributed by atoms with Crippen LogP contribution in [0.4, 0.5) is 85.1 Å². The third-order valence-electron chi connectivity index (χ3n) is 4.83. The van der Waals surface area contributed by atoms with Gasteiger partial charge in [0, 0.05) is 0 Å². The van der Waals surface area contributed by atoms with E-state index in [1.165, 1.54) is 0 Å². The second-order valence-electron chi connectivity index (χ2n) is 7.74. The number of alkyl halides is 15. The third kappa shape index (κ3) is 6.21. The number of amides is 1. The first-order valence-corrected chi connectivity index (χ1v) is 10.4. The molecule has 4 nitrogen and oxygen atoms in total. The number of allylic oxidation sites excluding steroid dienone is 1. The first-order valence-electron chi connectivity index (χ1n) is 10.4. The number of hydrogen-bond donors (Lipinski definition) is 1. The van der Waals surface area contributed by atoms with E-state index in [0.717, 1.165) is 18.2 Å². The molecule has 1 N–H and O–H groups in total. The number of benzene rings is 1. The number of rotatable bonds is 12. The van der Waals surface area contributed by atoms with Gasteiger partial charge in [-0.1, -0.05) is 25.5 Å². The van der Waals surface area contributed by atoms with Gasteiger partial charge in [-0.25, -0.2) is 4.79 Å². The topological polar surface area (TPSA) is 47.6 Å². The summed E-state index contributed by atoms with van der Waals surface area (Å²) in [7, 11) is 0. The molecule has 0 spiro atoms. The van der Waals surface area contributed by atoms with Crippen molar-refractivity contribution in [1.29, 1.82) is 0 Å². The van der Waals surface area contributed by atoms with Gasteiger partial charge in [0.1, 0.15) is 0 Å². The molecule has 1 aromatic carbocycles. The fourth-order valence-corrected chi connectivity index (χ4v) is 2.48. The lowest BCUT2D eigenvalue weighted by molar-refractivity contribution is -0.451. The maximum absolute atomic E-state index is 14.0. The molecule has 0 bridgehead atoms. The SMILES string of the molecule is CCCCOC(=O)Nc1ccccc1OC(F)=C(F)C(F)(F)C(F)(F)C(F)(F)C(F)(F)C(F)(F)C(F)(F)C(F)(F)F. The van der Waals surface area contributed by atoms with Crippen LogP contribution < -0.4 is 10.1 Å². The summed E-state index contributed by atoms with van der Waals surface area (Å²) in [5.41, 5.74) is -0.794. The zero-order valence-electron chi connectivity index (χ0n) is 19.6. The summed E-state index contributed by atoms with van der Waals surface area (Å²) in [5.74, 6) is -55.9. The van der Waals surface area contributed by atoms with Crippen LogP contribution in [-0.2, 0) is 4.74 Å². The highest BCUT2D eigenvalue weighted by Gasteiger charge is 2.93. The largest absolute Gasteiger partial charge is 0.460 e. The Kier molecular flexibility index (Phi) is 10.2. The van der Waals surface area contributed by atoms with Crippen molar-refractivity contribution in [2.45, 2.75) is 61.5 Å². The van der Waals surface area contributed by atoms with Crippen molar-refractivity contribution >= 4 is 11.8 Å². The van der Waals surface area contributed by atoms with E-state index in [2.05, 4.69) is 9.47 Å². The Bertz CT molecular complexity index is 1110. The summed E-state index contributed by atoms with van der Waals surface area (Å²) in [6.07, 6.45) is -8.31. The van der Waals surface area contributed by atoms with E-state index in [1.54, 1.807) is 12.2 Å². The number of hydrogen-bond acceptors (Lipinski definition) is 3. The first-order chi connectivity index (χ1) is 18.3. The van der Waals surface area contributed by atoms with Crippen LogP contribution in [0.5, 0.6) is 5.75 Å². The quantitative estimate of drug-likeness (QED) is 0.141. The van der Waals surface area contributed by atoms with Crippen molar-refractivity contribution in [3.05, 3.63) is 36.1 Å². The van der Waals surface area contributed by atoms with Crippen molar-refractivity contribution in [3.63, 3.8) is 0 Å². The van der Waals surface area contributed by atoms with Crippen molar-refractivity contribution in [2.24, 2.45) is 0 Å². The Morgan fingerprint density at radius 3 is 1.68 bits per heavy atom. The summed E-state index contributed by atoms with van der Waals surface area (Å²) in [4.78, 5) is 11.6. The Labute approximate surface area is 217 Å². The second kappa shape index (κ2) is 11.6. The summed E-state index contributed by atoms with van der Waals surface area (Å²) in [6.45, 7) is 1.47. The molecule has 0 saturated carbocycles. The molecule has 0 radical (unpaired) electrons. The monoisotopic (exact) mass is 639 g/mol. The van der Waals surface area contributed by atoms with Crippen LogP contribution in [0.1, 0.15) is 19.8 Å². The number of anilines is 1. The van der Waals surface area contributed by atoms with Crippen LogP contribution in [0, 0.1) is 0 Å². The number of para-hydroxylation sites is 2. The Morgan fingerprint density at radius 2 is 1.20 bits per heavy atom. The van der Waals surface area contributed by atoms with Gasteiger partial charge in [-0.2, -0.15) is 74.6 Å². The lowest BCUT2D eigenvalue weighted by Gasteiger charge is -2.41. The summed E-state index contributed by atoms with van der Waals surface area (Å²) in [5, 5.41) is 1.77. The molecule has 0 fully saturated rings. The van der Waals surface area contributed by atoms with Gasteiger partial charge in [-0.05, 0) is 18.6 Å². The average molecular weight is 639 g/mol. The molecule has 0 aliphatic heterocycles. The Morgan fingerprint density at radius 1 is 0.732 bits per heavy atom. The molecule has 0 aliphatic carbocycles. The number of carbonyl (C=O) groups is 1. The van der Waals surface area contributed by atoms with Crippen LogP contribution in [-0.4, -0.2) is 54.4 Å². The summed E-state index contributed by atoms with van der Waals surface area (Å²) in [6, 6.07) is -0.554. The van der Waals surface area contributed by atoms with Gasteiger partial charge in [0.15, 0.2) is 5.75 Å². The number of carbonyl (C=O) groups excluding carboxylic acids is 1. The fourth-order valence-electron chi connectivity index (χ4n) is 2.48. The van der Waals surface area contributed by atoms with Crippen LogP contribution in [0.25, 0.3) is 0 Å². The normalized spacial score (nSPS) is 14.9. The molecular formula is C20H14F17NO3. The molecule has 0 atom stereocenters. The predicted octanol–water partition coefficient (Wildman–Crippen LogP) is 8.90. The van der Waals surface area contributed by atoms with Crippen LogP contribution >= 0.6 is 0 Å². The third-order valence-corrected chi connectivity index (χ3v) is 4.83. The van der Waals surface area contributed by atoms with E-state index >= 15 is 0 Å². The Balaban J connectivity index is 3.49. The van der Waals surface area contributed by atoms with Crippen LogP contribution in [0.2, 0.25) is 0 Å². The summed E-state index contributed by atoms with van der Waals surface area (Å²) >= 11 is 0. The Hall–Kier alpha value is -3.16. The average Bonchev–Trinajstić information content (AvgIpc) is 2.83. The maximum Gasteiger partial charge on any atom is 0.460 e. The lowest BCUT2D eigenvalue weighted by Crippen LogP contribution is -2.72. The molecule has 236 valence electrons. The van der Waals surface area contributed by atoms with Gasteiger partial charge >= 0.3 is 53.8 Å². The standard InChI is InChI=1S/C20H14F17NO3/c1-2-3-8-40-13(39)38-9-6-4-5-7-10(9)41-12(22)11(21)14(23,24)15(25,26)16(27,28)17(29,30)18(31,32)19(33,34)20(35,36)37/h4-7H,2-3,8H2,1H3,(H,38,39). The molecule has 0 aromatic heterocycles. The van der Waals surface area contributed by atoms with Crippen LogP contribution in [0.3, 0.4) is 0 Å². The van der Waals surface area contributed by atoms with Crippen LogP contribution in [0.15, 0.2) is 36.1 Å². The fraction of sp³-hybridized carbons (Fsp3) is 0.550. The maximum atomic E-state index is 14.0. The molecule has 1 amide bonds. The van der Waals surface area contributed by atoms with Crippen molar-refractivity contribution in [2.75, 3.05) is 11.9 Å². The van der Waals surface area contributed by atoms with E-state index in [0.29, 0.717) is 18.9 Å². The predicted molar refractivity (Wildman–Crippen MR) is 102 cm³/mol. The lowest BCUT2D eigenvalue weighted by atomic mass is 9.91. The molecule has 21 heteroatoms. The highest BCUT2D eigenvalue weighted by molar-refractivity contribution is 5.86. The van der Waals surface area contributed by atoms with E-state index in [1.807, 2.05) is 0 Å². The van der Waals surface area contributed by atoms with E-state index in [4.69, 9.17) is 0 Å². The van der Waals surface area contributed by atoms with Gasteiger partial charge < -0.3 is 9.47 Å². The number of unbranched alkanes of at least 4 members (excludes halogenated alkanes) is 1. The van der Waals surface area contributed by atoms with Gasteiger partial charge in [0.2, 0.25) is 5.83 Å². The van der Waals surface area contributed by atoms with E-state index in [-0.39, 0.29) is 6.61 Å². The number of ether oxygens (including phenoxy) is 2. The van der Waals surface area contributed by atoms with Gasteiger partial charge in [-0.15, -0.1) is 0 Å². The number of nitrogens with one attached hydrogen (secondary N) is 1. The van der Waals surface area contributed by atoms with Crippen molar-refractivity contribution < 1.29 is 88.9 Å². The molecule has 0 saturated heterocycles. The summed E-state index contributed by atoms with van der Waals surface area (Å²) < 4.78 is 235. The zero-order chi connectivity index (χ0) is 32.5. The highest BCUT2D eigenvalue weighted by Crippen LogP contribution is 2.63. The van der Waals surface area contributed by atoms with E-state index in [9.17, 15) is 79.4 Å². The molecule has 41 heavy (non-hydrogen) atoms. The van der Waals surface area contributed by atoms with Gasteiger partial charge in [0.05, 0.1) is 12.3 Å². The molecule has 1 rings (SSSR count). The molecule has 1 aromatic rings. The smallest absolute Gasteiger partial charge is 0.449 e. The van der Waals surface area contributed by atoms with Gasteiger partial charge in [0.25, 0.3) is 0 Å². The second-order valence-corrected chi connectivity index (χ2v) is 7.74. The first kappa shape index (κ1) is 35.9. The molecule has 0 aliphatic rings. The van der Waals surface area contributed by atoms with Crippen molar-refractivity contribution in [3.8, 4) is 5.75 Å². The zero-order valence-corrected chi connectivity index (χ0v) is 19.6. The molecule has 0 heterocycles. The van der Waals surface area contributed by atoms with E-state index < -0.39 is 71.1 Å². The minimum atomic E-state index is -8.68. The molecule has 0 unspecified atom stereocenters. The minimum absolute atomic E-state index is 0.206. The molecular weight excluding hydrogens is 625 g/mol. The number of halogens is 17. The van der Waals surface area contributed by atoms with Gasteiger partial charge in [-0.3, -0.25) is 5.32 Å². The minimum Gasteiger partial charge on any atom is -0.449 e.